The lowest BCUT2D eigenvalue weighted by Gasteiger charge is -2.28. The maximum atomic E-state index is 12.1. The quantitative estimate of drug-likeness (QED) is 0.737. The zero-order valence-electron chi connectivity index (χ0n) is 11.7. The first-order valence-corrected chi connectivity index (χ1v) is 6.65. The molecule has 0 saturated carbocycles. The number of urea groups is 1. The molecule has 2 aliphatic rings. The van der Waals surface area contributed by atoms with Gasteiger partial charge in [-0.15, -0.1) is 0 Å². The van der Waals surface area contributed by atoms with Gasteiger partial charge >= 0.3 is 6.03 Å². The highest BCUT2D eigenvalue weighted by Crippen LogP contribution is 2.24. The van der Waals surface area contributed by atoms with Crippen molar-refractivity contribution in [3.05, 3.63) is 35.4 Å². The van der Waals surface area contributed by atoms with Crippen LogP contribution in [0.3, 0.4) is 0 Å². The monoisotopic (exact) mass is 289 g/mol. The lowest BCUT2D eigenvalue weighted by Crippen LogP contribution is -2.62. The molecule has 7 heteroatoms. The third kappa shape index (κ3) is 2.37. The average Bonchev–Trinajstić information content (AvgIpc) is 2.75. The Kier molecular flexibility index (Phi) is 4.02. The number of carbonyl (C=O) groups is 4. The summed E-state index contributed by atoms with van der Waals surface area (Å²) in [6.07, 6.45) is 0. The summed E-state index contributed by atoms with van der Waals surface area (Å²) < 4.78 is 0. The molecule has 2 aliphatic heterocycles. The first-order chi connectivity index (χ1) is 10.1. The number of amides is 5. The average molecular weight is 289 g/mol. The van der Waals surface area contributed by atoms with Crippen molar-refractivity contribution in [1.29, 1.82) is 0 Å². The van der Waals surface area contributed by atoms with Crippen LogP contribution in [0.5, 0.6) is 0 Å². The molecule has 21 heavy (non-hydrogen) atoms. The maximum Gasteiger partial charge on any atom is 0.321 e. The van der Waals surface area contributed by atoms with Crippen molar-refractivity contribution in [2.45, 2.75) is 19.9 Å². The van der Waals surface area contributed by atoms with Crippen molar-refractivity contribution in [2.24, 2.45) is 0 Å². The van der Waals surface area contributed by atoms with Gasteiger partial charge in [-0.25, -0.2) is 4.79 Å². The number of imide groups is 2. The zero-order valence-corrected chi connectivity index (χ0v) is 11.7. The van der Waals surface area contributed by atoms with Crippen molar-refractivity contribution in [3.8, 4) is 0 Å². The second-order valence-electron chi connectivity index (χ2n) is 4.24. The molecule has 1 fully saturated rings. The van der Waals surface area contributed by atoms with Crippen molar-refractivity contribution < 1.29 is 19.2 Å². The second kappa shape index (κ2) is 5.74. The highest BCUT2D eigenvalue weighted by atomic mass is 16.2. The molecule has 0 spiro atoms. The van der Waals surface area contributed by atoms with Crippen LogP contribution in [0.2, 0.25) is 0 Å². The molecule has 0 radical (unpaired) electrons. The lowest BCUT2D eigenvalue weighted by molar-refractivity contribution is -0.124. The summed E-state index contributed by atoms with van der Waals surface area (Å²) in [5, 5.41) is 4.43. The lowest BCUT2D eigenvalue weighted by atomic mass is 10.1. The number of nitrogens with zero attached hydrogens (tertiary/aromatic N) is 1. The third-order valence-corrected chi connectivity index (χ3v) is 3.13. The van der Waals surface area contributed by atoms with E-state index in [1.165, 1.54) is 12.1 Å². The number of hydrogen-bond acceptors (Lipinski definition) is 4. The number of benzene rings is 1. The van der Waals surface area contributed by atoms with Crippen LogP contribution >= 0.6 is 0 Å². The molecular weight excluding hydrogens is 274 g/mol. The van der Waals surface area contributed by atoms with Gasteiger partial charge < -0.3 is 5.32 Å². The van der Waals surface area contributed by atoms with E-state index in [0.717, 1.165) is 4.90 Å². The van der Waals surface area contributed by atoms with Crippen LogP contribution in [0.25, 0.3) is 0 Å². The number of carbonyl (C=O) groups excluding carboxylic acids is 4. The van der Waals surface area contributed by atoms with E-state index in [4.69, 9.17) is 0 Å². The van der Waals surface area contributed by atoms with Crippen LogP contribution in [0.15, 0.2) is 24.3 Å². The van der Waals surface area contributed by atoms with E-state index in [9.17, 15) is 19.2 Å². The third-order valence-electron chi connectivity index (χ3n) is 3.13. The minimum Gasteiger partial charge on any atom is -0.335 e. The van der Waals surface area contributed by atoms with E-state index >= 15 is 0 Å². The molecule has 0 aliphatic carbocycles. The summed E-state index contributed by atoms with van der Waals surface area (Å²) >= 11 is 0. The first kappa shape index (κ1) is 14.7. The molecular formula is C14H15N3O4. The van der Waals surface area contributed by atoms with Crippen LogP contribution in [0.4, 0.5) is 4.79 Å². The Hall–Kier alpha value is -2.70. The molecule has 1 aromatic carbocycles. The summed E-state index contributed by atoms with van der Waals surface area (Å²) in [6, 6.07) is 4.74. The fourth-order valence-corrected chi connectivity index (χ4v) is 2.22. The predicted molar refractivity (Wildman–Crippen MR) is 73.6 cm³/mol. The number of nitrogens with one attached hydrogen (secondary N) is 2. The van der Waals surface area contributed by atoms with Crippen molar-refractivity contribution >= 4 is 23.8 Å². The minimum atomic E-state index is -1.01. The largest absolute Gasteiger partial charge is 0.335 e. The van der Waals surface area contributed by atoms with Crippen LogP contribution in [-0.2, 0) is 4.79 Å². The van der Waals surface area contributed by atoms with Crippen LogP contribution < -0.4 is 10.6 Å². The van der Waals surface area contributed by atoms with Crippen LogP contribution in [0, 0.1) is 0 Å². The van der Waals surface area contributed by atoms with E-state index in [2.05, 4.69) is 5.32 Å². The number of fused-ring (bicyclic) bond motifs is 1. The van der Waals surface area contributed by atoms with Gasteiger partial charge in [-0.2, -0.15) is 0 Å². The molecule has 7 nitrogen and oxygen atoms in total. The second-order valence-corrected chi connectivity index (χ2v) is 4.24. The van der Waals surface area contributed by atoms with E-state index in [1.54, 1.807) is 12.1 Å². The molecule has 1 unspecified atom stereocenters. The Morgan fingerprint density at radius 1 is 1.00 bits per heavy atom. The molecule has 2 N–H and O–H groups in total. The van der Waals surface area contributed by atoms with Gasteiger partial charge in [0.25, 0.3) is 17.7 Å². The Morgan fingerprint density at radius 2 is 1.52 bits per heavy atom. The van der Waals surface area contributed by atoms with Crippen LogP contribution in [0.1, 0.15) is 34.6 Å². The summed E-state index contributed by atoms with van der Waals surface area (Å²) in [4.78, 5) is 47.9. The highest BCUT2D eigenvalue weighted by molar-refractivity contribution is 6.23. The first-order valence-electron chi connectivity index (χ1n) is 6.65. The molecule has 1 saturated heterocycles. The maximum absolute atomic E-state index is 12.1. The topological polar surface area (TPSA) is 95.6 Å². The van der Waals surface area contributed by atoms with Gasteiger partial charge in [0.2, 0.25) is 0 Å². The van der Waals surface area contributed by atoms with Gasteiger partial charge in [0.05, 0.1) is 11.1 Å². The number of hydrogen-bond donors (Lipinski definition) is 2. The molecule has 0 bridgehead atoms. The molecule has 5 amide bonds. The van der Waals surface area contributed by atoms with Gasteiger partial charge in [0, 0.05) is 6.54 Å². The SMILES string of the molecule is CC.O=C1NCC(N2C(=O)c3ccccc3C2=O)C(=O)N1. The Labute approximate surface area is 121 Å². The van der Waals surface area contributed by atoms with E-state index in [0.29, 0.717) is 0 Å². The van der Waals surface area contributed by atoms with Crippen molar-refractivity contribution in [1.82, 2.24) is 15.5 Å². The fraction of sp³-hybridized carbons (Fsp3) is 0.286. The van der Waals surface area contributed by atoms with E-state index in [-0.39, 0.29) is 17.7 Å². The molecule has 0 aromatic heterocycles. The molecule has 1 aromatic rings. The summed E-state index contributed by atoms with van der Waals surface area (Å²) in [5.74, 6) is -1.69. The minimum absolute atomic E-state index is 0.0733. The summed E-state index contributed by atoms with van der Waals surface area (Å²) in [5.41, 5.74) is 0.550. The van der Waals surface area contributed by atoms with Crippen molar-refractivity contribution in [2.75, 3.05) is 6.54 Å². The molecule has 2 heterocycles. The van der Waals surface area contributed by atoms with E-state index < -0.39 is 29.8 Å². The summed E-state index contributed by atoms with van der Waals surface area (Å²) in [6.45, 7) is 3.93. The standard InChI is InChI=1S/C12H9N3O4.C2H6/c16-9-8(5-13-12(19)14-9)15-10(17)6-3-1-2-4-7(6)11(15)18;1-2/h1-4,8H,5H2,(H2,13,14,16,19);1-2H3. The molecule has 110 valence electrons. The van der Waals surface area contributed by atoms with Gasteiger partial charge in [0.15, 0.2) is 0 Å². The Morgan fingerprint density at radius 3 is 2.00 bits per heavy atom. The molecule has 1 atom stereocenters. The Balaban J connectivity index is 0.000000774. The predicted octanol–water partition coefficient (Wildman–Crippen LogP) is 0.517. The van der Waals surface area contributed by atoms with Gasteiger partial charge in [-0.3, -0.25) is 24.6 Å². The smallest absolute Gasteiger partial charge is 0.321 e. The van der Waals surface area contributed by atoms with E-state index in [1.807, 2.05) is 19.2 Å². The van der Waals surface area contributed by atoms with Crippen LogP contribution in [-0.4, -0.2) is 41.2 Å². The number of rotatable bonds is 1. The van der Waals surface area contributed by atoms with Crippen molar-refractivity contribution in [3.63, 3.8) is 0 Å². The Bertz CT molecular complexity index is 591. The van der Waals surface area contributed by atoms with Gasteiger partial charge in [0.1, 0.15) is 6.04 Å². The van der Waals surface area contributed by atoms with Gasteiger partial charge in [-0.1, -0.05) is 26.0 Å². The normalized spacial score (nSPS) is 20.3. The summed E-state index contributed by atoms with van der Waals surface area (Å²) in [7, 11) is 0. The van der Waals surface area contributed by atoms with Gasteiger partial charge in [-0.05, 0) is 12.1 Å². The zero-order chi connectivity index (χ0) is 15.6. The molecule has 3 rings (SSSR count). The fourth-order valence-electron chi connectivity index (χ4n) is 2.22. The highest BCUT2D eigenvalue weighted by Gasteiger charge is 2.44.